The summed E-state index contributed by atoms with van der Waals surface area (Å²) in [6.45, 7) is 4.93. The smallest absolute Gasteiger partial charge is 0.146 e. The molecule has 110 valence electrons. The predicted octanol–water partition coefficient (Wildman–Crippen LogP) is 2.49. The number of hydrogen-bond acceptors (Lipinski definition) is 1. The molecule has 0 radical (unpaired) electrons. The molecular formula is C17H19BrFN2+. The van der Waals surface area contributed by atoms with Crippen molar-refractivity contribution in [2.24, 2.45) is 0 Å². The van der Waals surface area contributed by atoms with Gasteiger partial charge in [-0.15, -0.1) is 0 Å². The third kappa shape index (κ3) is 3.63. The summed E-state index contributed by atoms with van der Waals surface area (Å²) in [5, 5.41) is 0. The van der Waals surface area contributed by atoms with Crippen molar-refractivity contribution in [3.05, 3.63) is 64.4 Å². The van der Waals surface area contributed by atoms with E-state index < -0.39 is 0 Å². The second-order valence-corrected chi connectivity index (χ2v) is 6.41. The number of quaternary nitrogens is 1. The average molecular weight is 350 g/mol. The van der Waals surface area contributed by atoms with Crippen LogP contribution in [-0.2, 0) is 6.54 Å². The van der Waals surface area contributed by atoms with Crippen LogP contribution in [0.4, 0.5) is 10.1 Å². The van der Waals surface area contributed by atoms with Gasteiger partial charge in [0.25, 0.3) is 0 Å². The van der Waals surface area contributed by atoms with Gasteiger partial charge in [-0.1, -0.05) is 40.2 Å². The van der Waals surface area contributed by atoms with Crippen molar-refractivity contribution in [2.75, 3.05) is 31.1 Å². The van der Waals surface area contributed by atoms with Gasteiger partial charge in [-0.2, -0.15) is 0 Å². The second-order valence-electron chi connectivity index (χ2n) is 5.50. The van der Waals surface area contributed by atoms with Crippen molar-refractivity contribution >= 4 is 21.6 Å². The van der Waals surface area contributed by atoms with Crippen LogP contribution >= 0.6 is 15.9 Å². The van der Waals surface area contributed by atoms with Gasteiger partial charge in [-0.3, -0.25) is 0 Å². The first kappa shape index (κ1) is 14.5. The topological polar surface area (TPSA) is 7.68 Å². The molecule has 4 heteroatoms. The van der Waals surface area contributed by atoms with Crippen LogP contribution < -0.4 is 9.80 Å². The zero-order valence-electron chi connectivity index (χ0n) is 11.9. The van der Waals surface area contributed by atoms with E-state index in [4.69, 9.17) is 0 Å². The average Bonchev–Trinajstić information content (AvgIpc) is 2.49. The zero-order chi connectivity index (χ0) is 14.7. The first-order valence-electron chi connectivity index (χ1n) is 7.30. The molecule has 1 fully saturated rings. The Bertz CT molecular complexity index is 609. The minimum atomic E-state index is -0.118. The van der Waals surface area contributed by atoms with E-state index in [0.29, 0.717) is 0 Å². The number of anilines is 1. The number of hydrogen-bond donors (Lipinski definition) is 1. The molecule has 1 aliphatic rings. The van der Waals surface area contributed by atoms with Crippen molar-refractivity contribution in [3.63, 3.8) is 0 Å². The van der Waals surface area contributed by atoms with Crippen LogP contribution in [0.25, 0.3) is 0 Å². The van der Waals surface area contributed by atoms with Gasteiger partial charge in [-0.05, 0) is 24.3 Å². The van der Waals surface area contributed by atoms with Crippen LogP contribution in [0.5, 0.6) is 0 Å². The monoisotopic (exact) mass is 349 g/mol. The fourth-order valence-corrected chi connectivity index (χ4v) is 3.33. The summed E-state index contributed by atoms with van der Waals surface area (Å²) in [5.74, 6) is -0.118. The maximum atomic E-state index is 13.8. The molecule has 0 atom stereocenters. The molecule has 2 aromatic carbocycles. The molecule has 1 saturated heterocycles. The van der Waals surface area contributed by atoms with Gasteiger partial charge in [-0.25, -0.2) is 4.39 Å². The maximum Gasteiger partial charge on any atom is 0.146 e. The van der Waals surface area contributed by atoms with Crippen molar-refractivity contribution in [3.8, 4) is 0 Å². The third-order valence-electron chi connectivity index (χ3n) is 4.01. The van der Waals surface area contributed by atoms with Crippen LogP contribution in [0.1, 0.15) is 5.56 Å². The van der Waals surface area contributed by atoms with Crippen LogP contribution in [0.15, 0.2) is 53.0 Å². The van der Waals surface area contributed by atoms with Gasteiger partial charge in [0.15, 0.2) is 0 Å². The Hall–Kier alpha value is -1.39. The van der Waals surface area contributed by atoms with Gasteiger partial charge >= 0.3 is 0 Å². The van der Waals surface area contributed by atoms with Crippen molar-refractivity contribution in [2.45, 2.75) is 6.54 Å². The Balaban J connectivity index is 1.59. The lowest BCUT2D eigenvalue weighted by atomic mass is 10.2. The molecule has 0 aliphatic carbocycles. The molecule has 0 aromatic heterocycles. The Labute approximate surface area is 133 Å². The molecule has 0 unspecified atom stereocenters. The lowest BCUT2D eigenvalue weighted by Crippen LogP contribution is -3.13. The molecule has 0 bridgehead atoms. The first-order valence-corrected chi connectivity index (χ1v) is 8.09. The summed E-state index contributed by atoms with van der Waals surface area (Å²) in [5.41, 5.74) is 2.08. The van der Waals surface area contributed by atoms with E-state index in [1.54, 1.807) is 11.0 Å². The molecule has 2 nitrogen and oxygen atoms in total. The highest BCUT2D eigenvalue weighted by molar-refractivity contribution is 9.10. The molecule has 3 rings (SSSR count). The Morgan fingerprint density at radius 1 is 1.05 bits per heavy atom. The quantitative estimate of drug-likeness (QED) is 0.894. The summed E-state index contributed by atoms with van der Waals surface area (Å²) < 4.78 is 14.9. The van der Waals surface area contributed by atoms with Crippen molar-refractivity contribution in [1.82, 2.24) is 0 Å². The van der Waals surface area contributed by atoms with Crippen molar-refractivity contribution in [1.29, 1.82) is 0 Å². The number of nitrogens with one attached hydrogen (secondary N) is 1. The van der Waals surface area contributed by atoms with Crippen LogP contribution in [0.2, 0.25) is 0 Å². The lowest BCUT2D eigenvalue weighted by Gasteiger charge is -2.33. The van der Waals surface area contributed by atoms with Crippen LogP contribution in [0, 0.1) is 5.82 Å². The Kier molecular flexibility index (Phi) is 4.56. The summed E-state index contributed by atoms with van der Waals surface area (Å²) in [7, 11) is 0. The van der Waals surface area contributed by atoms with E-state index in [1.807, 2.05) is 12.1 Å². The number of piperazine rings is 1. The van der Waals surface area contributed by atoms with Gasteiger partial charge < -0.3 is 9.80 Å². The first-order chi connectivity index (χ1) is 10.2. The molecule has 1 aliphatic heterocycles. The lowest BCUT2D eigenvalue weighted by molar-refractivity contribution is -0.914. The number of nitrogens with zero attached hydrogens (tertiary/aromatic N) is 1. The molecule has 2 aromatic rings. The molecule has 0 saturated carbocycles. The fourth-order valence-electron chi connectivity index (χ4n) is 2.88. The highest BCUT2D eigenvalue weighted by atomic mass is 79.9. The van der Waals surface area contributed by atoms with Gasteiger partial charge in [0.2, 0.25) is 0 Å². The maximum absolute atomic E-state index is 13.8. The molecule has 0 spiro atoms. The Morgan fingerprint density at radius 2 is 1.81 bits per heavy atom. The third-order valence-corrected chi connectivity index (χ3v) is 4.50. The van der Waals surface area contributed by atoms with Crippen LogP contribution in [-0.4, -0.2) is 26.2 Å². The SMILES string of the molecule is Fc1ccccc1N1CC[NH+](Cc2cccc(Br)c2)CC1. The van der Waals surface area contributed by atoms with E-state index in [9.17, 15) is 4.39 Å². The van der Waals surface area contributed by atoms with E-state index in [-0.39, 0.29) is 5.82 Å². The van der Waals surface area contributed by atoms with E-state index in [0.717, 1.165) is 42.9 Å². The number of rotatable bonds is 3. The minimum absolute atomic E-state index is 0.118. The number of benzene rings is 2. The molecule has 0 amide bonds. The molecule has 1 N–H and O–H groups in total. The van der Waals surface area contributed by atoms with Crippen LogP contribution in [0.3, 0.4) is 0 Å². The van der Waals surface area contributed by atoms with E-state index in [1.165, 1.54) is 11.6 Å². The normalized spacial score (nSPS) is 16.2. The molecular weight excluding hydrogens is 331 g/mol. The predicted molar refractivity (Wildman–Crippen MR) is 87.2 cm³/mol. The summed E-state index contributed by atoms with van der Waals surface area (Å²) in [6, 6.07) is 15.5. The van der Waals surface area contributed by atoms with Gasteiger partial charge in [0.1, 0.15) is 12.4 Å². The summed E-state index contributed by atoms with van der Waals surface area (Å²) in [4.78, 5) is 3.71. The second kappa shape index (κ2) is 6.58. The standard InChI is InChI=1S/C17H18BrFN2/c18-15-5-3-4-14(12-15)13-20-8-10-21(11-9-20)17-7-2-1-6-16(17)19/h1-7,12H,8-11,13H2/p+1. The minimum Gasteiger partial charge on any atom is -0.358 e. The zero-order valence-corrected chi connectivity index (χ0v) is 13.4. The van der Waals surface area contributed by atoms with E-state index in [2.05, 4.69) is 45.1 Å². The molecule has 21 heavy (non-hydrogen) atoms. The fraction of sp³-hybridized carbons (Fsp3) is 0.294. The number of para-hydroxylation sites is 1. The van der Waals surface area contributed by atoms with E-state index >= 15 is 0 Å². The van der Waals surface area contributed by atoms with Gasteiger partial charge in [0, 0.05) is 10.0 Å². The Morgan fingerprint density at radius 3 is 2.52 bits per heavy atom. The molecule has 1 heterocycles. The largest absolute Gasteiger partial charge is 0.358 e. The highest BCUT2D eigenvalue weighted by Crippen LogP contribution is 2.18. The number of halogens is 2. The van der Waals surface area contributed by atoms with Crippen molar-refractivity contribution < 1.29 is 9.29 Å². The summed E-state index contributed by atoms with van der Waals surface area (Å²) >= 11 is 3.52. The highest BCUT2D eigenvalue weighted by Gasteiger charge is 2.21. The summed E-state index contributed by atoms with van der Waals surface area (Å²) in [6.07, 6.45) is 0. The van der Waals surface area contributed by atoms with Gasteiger partial charge in [0.05, 0.1) is 31.9 Å².